The van der Waals surface area contributed by atoms with Gasteiger partial charge in [-0.25, -0.2) is 0 Å². The second-order valence-corrected chi connectivity index (χ2v) is 8.06. The van der Waals surface area contributed by atoms with Gasteiger partial charge < -0.3 is 4.74 Å². The topological polar surface area (TPSA) is 9.23 Å². The summed E-state index contributed by atoms with van der Waals surface area (Å²) in [6.07, 6.45) is 0. The van der Waals surface area contributed by atoms with E-state index >= 15 is 0 Å². The highest BCUT2D eigenvalue weighted by Crippen LogP contribution is 2.41. The Balaban J connectivity index is 1.60. The standard InChI is InChI=1S/C24H18OS2/c1-3-11-19(12-4-1)26-23-17-9-7-15-21(23)25-22-16-8-10-18-24(22)27-20-13-5-2-6-14-20/h1-18H. The Bertz CT molecular complexity index is 918. The number of ether oxygens (including phenoxy) is 1. The maximum absolute atomic E-state index is 6.34. The predicted molar refractivity (Wildman–Crippen MR) is 114 cm³/mol. The van der Waals surface area contributed by atoms with E-state index in [-0.39, 0.29) is 0 Å². The molecule has 0 aliphatic heterocycles. The minimum absolute atomic E-state index is 0.868. The summed E-state index contributed by atoms with van der Waals surface area (Å²) in [6, 6.07) is 37.1. The van der Waals surface area contributed by atoms with Crippen LogP contribution in [0.15, 0.2) is 129 Å². The number of hydrogen-bond acceptors (Lipinski definition) is 3. The van der Waals surface area contributed by atoms with Crippen molar-refractivity contribution in [3.05, 3.63) is 109 Å². The Hall–Kier alpha value is -2.62. The fourth-order valence-electron chi connectivity index (χ4n) is 2.59. The van der Waals surface area contributed by atoms with Crippen LogP contribution >= 0.6 is 23.5 Å². The lowest BCUT2D eigenvalue weighted by molar-refractivity contribution is 0.460. The lowest BCUT2D eigenvalue weighted by atomic mass is 10.3. The molecule has 3 heteroatoms. The fraction of sp³-hybridized carbons (Fsp3) is 0. The quantitative estimate of drug-likeness (QED) is 0.335. The average Bonchev–Trinajstić information content (AvgIpc) is 2.72. The monoisotopic (exact) mass is 386 g/mol. The van der Waals surface area contributed by atoms with Crippen molar-refractivity contribution in [2.24, 2.45) is 0 Å². The Morgan fingerprint density at radius 3 is 1.22 bits per heavy atom. The number of hydrogen-bond donors (Lipinski definition) is 0. The van der Waals surface area contributed by atoms with Crippen LogP contribution in [0.4, 0.5) is 0 Å². The van der Waals surface area contributed by atoms with Crippen LogP contribution in [0.5, 0.6) is 11.5 Å². The lowest BCUT2D eigenvalue weighted by Crippen LogP contribution is -1.89. The SMILES string of the molecule is c1ccc(Sc2ccccc2Oc2ccccc2Sc2ccccc2)cc1. The molecule has 0 aliphatic rings. The second-order valence-electron chi connectivity index (χ2n) is 5.83. The van der Waals surface area contributed by atoms with Gasteiger partial charge in [-0.2, -0.15) is 0 Å². The van der Waals surface area contributed by atoms with Crippen molar-refractivity contribution in [3.63, 3.8) is 0 Å². The van der Waals surface area contributed by atoms with E-state index in [1.54, 1.807) is 23.5 Å². The minimum Gasteiger partial charge on any atom is -0.455 e. The molecule has 1 nitrogen and oxygen atoms in total. The zero-order valence-electron chi connectivity index (χ0n) is 14.6. The molecule has 4 rings (SSSR count). The molecule has 0 heterocycles. The van der Waals surface area contributed by atoms with Gasteiger partial charge in [0.15, 0.2) is 0 Å². The summed E-state index contributed by atoms with van der Waals surface area (Å²) in [4.78, 5) is 4.59. The Kier molecular flexibility index (Phi) is 5.83. The van der Waals surface area contributed by atoms with Gasteiger partial charge in [0.2, 0.25) is 0 Å². The van der Waals surface area contributed by atoms with E-state index in [1.807, 2.05) is 48.5 Å². The highest BCUT2D eigenvalue weighted by Gasteiger charge is 2.10. The summed E-state index contributed by atoms with van der Waals surface area (Å²) in [5, 5.41) is 0. The van der Waals surface area contributed by atoms with E-state index in [4.69, 9.17) is 4.74 Å². The molecule has 4 aromatic carbocycles. The van der Waals surface area contributed by atoms with Crippen LogP contribution in [0.2, 0.25) is 0 Å². The normalized spacial score (nSPS) is 10.5. The van der Waals surface area contributed by atoms with Crippen molar-refractivity contribution >= 4 is 23.5 Å². The van der Waals surface area contributed by atoms with E-state index in [9.17, 15) is 0 Å². The first-order valence-electron chi connectivity index (χ1n) is 8.70. The minimum atomic E-state index is 0.868. The van der Waals surface area contributed by atoms with Crippen LogP contribution in [-0.2, 0) is 0 Å². The molecule has 0 aliphatic carbocycles. The molecule has 132 valence electrons. The lowest BCUT2D eigenvalue weighted by Gasteiger charge is -2.14. The van der Waals surface area contributed by atoms with Crippen molar-refractivity contribution in [1.29, 1.82) is 0 Å². The first-order valence-corrected chi connectivity index (χ1v) is 10.3. The molecule has 0 bridgehead atoms. The smallest absolute Gasteiger partial charge is 0.141 e. The van der Waals surface area contributed by atoms with Gasteiger partial charge in [-0.1, -0.05) is 84.2 Å². The van der Waals surface area contributed by atoms with Crippen molar-refractivity contribution in [2.45, 2.75) is 19.6 Å². The molecule has 0 saturated carbocycles. The van der Waals surface area contributed by atoms with E-state index in [0.29, 0.717) is 0 Å². The Labute approximate surface area is 168 Å². The van der Waals surface area contributed by atoms with Crippen molar-refractivity contribution in [3.8, 4) is 11.5 Å². The van der Waals surface area contributed by atoms with Gasteiger partial charge in [0.05, 0.1) is 9.79 Å². The molecule has 0 spiro atoms. The number of para-hydroxylation sites is 2. The Morgan fingerprint density at radius 1 is 0.407 bits per heavy atom. The molecule has 0 atom stereocenters. The summed E-state index contributed by atoms with van der Waals surface area (Å²) in [5.74, 6) is 1.74. The molecule has 0 aromatic heterocycles. The molecule has 4 aromatic rings. The van der Waals surface area contributed by atoms with Gasteiger partial charge in [0, 0.05) is 9.79 Å². The zero-order chi connectivity index (χ0) is 18.3. The van der Waals surface area contributed by atoms with Crippen LogP contribution in [0.25, 0.3) is 0 Å². The van der Waals surface area contributed by atoms with Crippen LogP contribution in [0, 0.1) is 0 Å². The average molecular weight is 387 g/mol. The van der Waals surface area contributed by atoms with Crippen LogP contribution in [0.3, 0.4) is 0 Å². The third kappa shape index (κ3) is 4.76. The second kappa shape index (κ2) is 8.85. The fourth-order valence-corrected chi connectivity index (χ4v) is 4.40. The summed E-state index contributed by atoms with van der Waals surface area (Å²) in [6.45, 7) is 0. The van der Waals surface area contributed by atoms with Gasteiger partial charge in [-0.15, -0.1) is 0 Å². The van der Waals surface area contributed by atoms with Crippen molar-refractivity contribution in [2.75, 3.05) is 0 Å². The van der Waals surface area contributed by atoms with E-state index in [0.717, 1.165) is 21.3 Å². The summed E-state index contributed by atoms with van der Waals surface area (Å²) in [7, 11) is 0. The third-order valence-corrected chi connectivity index (χ3v) is 5.99. The molecule has 0 radical (unpaired) electrons. The summed E-state index contributed by atoms with van der Waals surface area (Å²) < 4.78 is 6.34. The molecule has 0 unspecified atom stereocenters. The van der Waals surface area contributed by atoms with Crippen LogP contribution in [-0.4, -0.2) is 0 Å². The molecular weight excluding hydrogens is 368 g/mol. The molecule has 0 saturated heterocycles. The maximum atomic E-state index is 6.34. The first-order chi connectivity index (χ1) is 13.4. The van der Waals surface area contributed by atoms with Gasteiger partial charge >= 0.3 is 0 Å². The number of benzene rings is 4. The first kappa shape index (κ1) is 17.8. The van der Waals surface area contributed by atoms with Gasteiger partial charge in [-0.3, -0.25) is 0 Å². The van der Waals surface area contributed by atoms with Gasteiger partial charge in [0.25, 0.3) is 0 Å². The molecule has 0 N–H and O–H groups in total. The molecule has 0 amide bonds. The highest BCUT2D eigenvalue weighted by molar-refractivity contribution is 7.99. The van der Waals surface area contributed by atoms with Crippen molar-refractivity contribution < 1.29 is 4.74 Å². The number of rotatable bonds is 6. The molecule has 27 heavy (non-hydrogen) atoms. The third-order valence-electron chi connectivity index (χ3n) is 3.86. The Morgan fingerprint density at radius 2 is 0.778 bits per heavy atom. The highest BCUT2D eigenvalue weighted by atomic mass is 32.2. The summed E-state index contributed by atoms with van der Waals surface area (Å²) >= 11 is 3.42. The van der Waals surface area contributed by atoms with Crippen molar-refractivity contribution in [1.82, 2.24) is 0 Å². The van der Waals surface area contributed by atoms with E-state index in [1.165, 1.54) is 9.79 Å². The van der Waals surface area contributed by atoms with Crippen LogP contribution < -0.4 is 4.74 Å². The maximum Gasteiger partial charge on any atom is 0.141 e. The van der Waals surface area contributed by atoms with E-state index in [2.05, 4.69) is 60.7 Å². The van der Waals surface area contributed by atoms with Gasteiger partial charge in [-0.05, 0) is 48.5 Å². The summed E-state index contributed by atoms with van der Waals surface area (Å²) in [5.41, 5.74) is 0. The molecular formula is C24H18OS2. The van der Waals surface area contributed by atoms with E-state index < -0.39 is 0 Å². The largest absolute Gasteiger partial charge is 0.455 e. The zero-order valence-corrected chi connectivity index (χ0v) is 16.3. The molecule has 0 fully saturated rings. The predicted octanol–water partition coefficient (Wildman–Crippen LogP) is 7.78. The van der Waals surface area contributed by atoms with Gasteiger partial charge in [0.1, 0.15) is 11.5 Å². The van der Waals surface area contributed by atoms with Crippen LogP contribution in [0.1, 0.15) is 0 Å².